The number of benzene rings is 2. The Labute approximate surface area is 191 Å². The van der Waals surface area contributed by atoms with E-state index in [4.69, 9.17) is 19.3 Å². The topological polar surface area (TPSA) is 123 Å². The molecule has 0 bridgehead atoms. The Morgan fingerprint density at radius 1 is 1.03 bits per heavy atom. The molecule has 9 heteroatoms. The smallest absolute Gasteiger partial charge is 0.303 e. The van der Waals surface area contributed by atoms with E-state index in [1.165, 1.54) is 7.11 Å². The van der Waals surface area contributed by atoms with Crippen molar-refractivity contribution in [3.63, 3.8) is 0 Å². The van der Waals surface area contributed by atoms with Gasteiger partial charge in [0.1, 0.15) is 11.4 Å². The zero-order valence-electron chi connectivity index (χ0n) is 18.3. The molecule has 2 amide bonds. The van der Waals surface area contributed by atoms with E-state index in [2.05, 4.69) is 10.6 Å². The molecule has 0 radical (unpaired) electrons. The van der Waals surface area contributed by atoms with E-state index in [0.29, 0.717) is 54.2 Å². The minimum atomic E-state index is -0.839. The molecule has 0 unspecified atom stereocenters. The van der Waals surface area contributed by atoms with Gasteiger partial charge < -0.3 is 30.0 Å². The lowest BCUT2D eigenvalue weighted by Gasteiger charge is -2.12. The van der Waals surface area contributed by atoms with Gasteiger partial charge in [0, 0.05) is 18.5 Å². The van der Waals surface area contributed by atoms with E-state index in [1.807, 2.05) is 0 Å². The van der Waals surface area contributed by atoms with Crippen molar-refractivity contribution in [1.29, 1.82) is 0 Å². The van der Waals surface area contributed by atoms with Gasteiger partial charge in [0.05, 0.1) is 7.11 Å². The second-order valence-electron chi connectivity index (χ2n) is 7.31. The predicted octanol–water partition coefficient (Wildman–Crippen LogP) is 2.96. The number of aliphatic carboxylic acids is 1. The van der Waals surface area contributed by atoms with Crippen LogP contribution in [0.25, 0.3) is 6.08 Å². The maximum atomic E-state index is 12.8. The maximum Gasteiger partial charge on any atom is 0.303 e. The monoisotopic (exact) mass is 454 g/mol. The van der Waals surface area contributed by atoms with Gasteiger partial charge in [-0.15, -0.1) is 0 Å². The Kier molecular flexibility index (Phi) is 8.29. The summed E-state index contributed by atoms with van der Waals surface area (Å²) in [7, 11) is 1.54. The van der Waals surface area contributed by atoms with Gasteiger partial charge in [-0.3, -0.25) is 14.4 Å². The molecule has 0 fully saturated rings. The SMILES string of the molecule is COc1ccc(C(=O)N/C(=C/c2ccc3c(c2)OCO3)C(=O)NCCCCCC(=O)O)cc1. The van der Waals surface area contributed by atoms with Crippen molar-refractivity contribution in [3.8, 4) is 17.2 Å². The van der Waals surface area contributed by atoms with Gasteiger partial charge in [-0.05, 0) is 60.9 Å². The first-order valence-corrected chi connectivity index (χ1v) is 10.5. The van der Waals surface area contributed by atoms with Gasteiger partial charge in [-0.1, -0.05) is 12.5 Å². The number of ether oxygens (including phenoxy) is 3. The third-order valence-electron chi connectivity index (χ3n) is 4.91. The molecule has 0 saturated heterocycles. The van der Waals surface area contributed by atoms with Crippen LogP contribution in [0.15, 0.2) is 48.2 Å². The maximum absolute atomic E-state index is 12.8. The summed E-state index contributed by atoms with van der Waals surface area (Å²) in [6, 6.07) is 11.7. The van der Waals surface area contributed by atoms with Crippen LogP contribution in [0.5, 0.6) is 17.2 Å². The minimum Gasteiger partial charge on any atom is -0.497 e. The van der Waals surface area contributed by atoms with Gasteiger partial charge in [0.2, 0.25) is 6.79 Å². The summed E-state index contributed by atoms with van der Waals surface area (Å²) in [4.78, 5) is 36.2. The highest BCUT2D eigenvalue weighted by molar-refractivity contribution is 6.05. The lowest BCUT2D eigenvalue weighted by atomic mass is 10.1. The van der Waals surface area contributed by atoms with Crippen LogP contribution in [-0.4, -0.2) is 43.3 Å². The van der Waals surface area contributed by atoms with E-state index < -0.39 is 17.8 Å². The number of carboxylic acid groups (broad SMARTS) is 1. The quantitative estimate of drug-likeness (QED) is 0.352. The van der Waals surface area contributed by atoms with Crippen LogP contribution in [0.3, 0.4) is 0 Å². The average Bonchev–Trinajstić information content (AvgIpc) is 3.28. The van der Waals surface area contributed by atoms with Crippen molar-refractivity contribution in [1.82, 2.24) is 10.6 Å². The molecule has 0 saturated carbocycles. The first-order chi connectivity index (χ1) is 16.0. The molecule has 9 nitrogen and oxygen atoms in total. The second-order valence-corrected chi connectivity index (χ2v) is 7.31. The number of nitrogens with one attached hydrogen (secondary N) is 2. The zero-order chi connectivity index (χ0) is 23.6. The summed E-state index contributed by atoms with van der Waals surface area (Å²) < 4.78 is 15.8. The summed E-state index contributed by atoms with van der Waals surface area (Å²) in [6.07, 6.45) is 3.50. The number of carbonyl (C=O) groups excluding carboxylic acids is 2. The lowest BCUT2D eigenvalue weighted by molar-refractivity contribution is -0.137. The molecule has 3 rings (SSSR count). The standard InChI is InChI=1S/C24H26N2O7/c1-31-18-9-7-17(8-10-18)23(29)26-19(24(30)25-12-4-2-3-5-22(27)28)13-16-6-11-20-21(14-16)33-15-32-20/h6-11,13-14H,2-5,12,15H2,1H3,(H,25,30)(H,26,29)(H,27,28)/b19-13+. The molecule has 33 heavy (non-hydrogen) atoms. The van der Waals surface area contributed by atoms with Gasteiger partial charge >= 0.3 is 5.97 Å². The predicted molar refractivity (Wildman–Crippen MR) is 120 cm³/mol. The Bertz CT molecular complexity index is 1030. The zero-order valence-corrected chi connectivity index (χ0v) is 18.3. The number of rotatable bonds is 11. The first-order valence-electron chi connectivity index (χ1n) is 10.5. The van der Waals surface area contributed by atoms with Crippen molar-refractivity contribution in [2.75, 3.05) is 20.4 Å². The highest BCUT2D eigenvalue weighted by Crippen LogP contribution is 2.33. The van der Waals surface area contributed by atoms with Gasteiger partial charge in [-0.2, -0.15) is 0 Å². The summed E-state index contributed by atoms with van der Waals surface area (Å²) in [6.45, 7) is 0.487. The Morgan fingerprint density at radius 3 is 2.52 bits per heavy atom. The molecule has 2 aromatic carbocycles. The largest absolute Gasteiger partial charge is 0.497 e. The van der Waals surface area contributed by atoms with Crippen LogP contribution in [0.4, 0.5) is 0 Å². The number of amides is 2. The van der Waals surface area contributed by atoms with Crippen LogP contribution >= 0.6 is 0 Å². The van der Waals surface area contributed by atoms with Crippen LogP contribution in [0.1, 0.15) is 41.6 Å². The molecule has 0 aliphatic carbocycles. The van der Waals surface area contributed by atoms with E-state index in [1.54, 1.807) is 48.5 Å². The van der Waals surface area contributed by atoms with Crippen molar-refractivity contribution in [2.45, 2.75) is 25.7 Å². The number of hydrogen-bond acceptors (Lipinski definition) is 6. The molecular weight excluding hydrogens is 428 g/mol. The number of hydrogen-bond donors (Lipinski definition) is 3. The number of fused-ring (bicyclic) bond motifs is 1. The summed E-state index contributed by atoms with van der Waals surface area (Å²) in [5, 5.41) is 14.1. The first kappa shape index (κ1) is 23.6. The van der Waals surface area contributed by atoms with Crippen LogP contribution < -0.4 is 24.8 Å². The fourth-order valence-electron chi connectivity index (χ4n) is 3.14. The van der Waals surface area contributed by atoms with Crippen molar-refractivity contribution in [2.24, 2.45) is 0 Å². The summed E-state index contributed by atoms with van der Waals surface area (Å²) in [5.74, 6) is 0.0526. The fraction of sp³-hybridized carbons (Fsp3) is 0.292. The third-order valence-corrected chi connectivity index (χ3v) is 4.91. The summed E-state index contributed by atoms with van der Waals surface area (Å²) >= 11 is 0. The minimum absolute atomic E-state index is 0.0696. The normalized spacial score (nSPS) is 12.2. The van der Waals surface area contributed by atoms with E-state index in [0.717, 1.165) is 0 Å². The molecular formula is C24H26N2O7. The molecule has 3 N–H and O–H groups in total. The molecule has 174 valence electrons. The Hall–Kier alpha value is -4.01. The molecule has 1 aliphatic rings. The Balaban J connectivity index is 1.70. The number of unbranched alkanes of at least 4 members (excludes halogenated alkanes) is 2. The molecule has 1 aliphatic heterocycles. The summed E-state index contributed by atoms with van der Waals surface area (Å²) in [5.41, 5.74) is 1.09. The van der Waals surface area contributed by atoms with Crippen LogP contribution in [0.2, 0.25) is 0 Å². The van der Waals surface area contributed by atoms with E-state index >= 15 is 0 Å². The van der Waals surface area contributed by atoms with Gasteiger partial charge in [-0.25, -0.2) is 0 Å². The van der Waals surface area contributed by atoms with Crippen molar-refractivity contribution >= 4 is 23.9 Å². The number of methoxy groups -OCH3 is 1. The number of carboxylic acids is 1. The highest BCUT2D eigenvalue weighted by atomic mass is 16.7. The molecule has 1 heterocycles. The Morgan fingerprint density at radius 2 is 1.79 bits per heavy atom. The fourth-order valence-corrected chi connectivity index (χ4v) is 3.14. The van der Waals surface area contributed by atoms with Crippen LogP contribution in [-0.2, 0) is 9.59 Å². The van der Waals surface area contributed by atoms with Crippen LogP contribution in [0, 0.1) is 0 Å². The van der Waals surface area contributed by atoms with Gasteiger partial charge in [0.25, 0.3) is 11.8 Å². The van der Waals surface area contributed by atoms with Crippen molar-refractivity contribution < 1.29 is 33.7 Å². The van der Waals surface area contributed by atoms with Gasteiger partial charge in [0.15, 0.2) is 11.5 Å². The third kappa shape index (κ3) is 6.99. The van der Waals surface area contributed by atoms with E-state index in [9.17, 15) is 14.4 Å². The average molecular weight is 454 g/mol. The van der Waals surface area contributed by atoms with E-state index in [-0.39, 0.29) is 18.9 Å². The van der Waals surface area contributed by atoms with Crippen molar-refractivity contribution in [3.05, 3.63) is 59.3 Å². The molecule has 0 aromatic heterocycles. The molecule has 0 spiro atoms. The second kappa shape index (κ2) is 11.6. The molecule has 0 atom stereocenters. The lowest BCUT2D eigenvalue weighted by Crippen LogP contribution is -2.35. The number of carbonyl (C=O) groups is 3. The molecule has 2 aromatic rings. The highest BCUT2D eigenvalue weighted by Gasteiger charge is 2.17.